The number of benzene rings is 1. The fraction of sp³-hybridized carbons (Fsp3) is 0.333. The summed E-state index contributed by atoms with van der Waals surface area (Å²) in [6.07, 6.45) is -0.216. The predicted octanol–water partition coefficient (Wildman–Crippen LogP) is 0.626. The van der Waals surface area contributed by atoms with Gasteiger partial charge >= 0.3 is 5.97 Å². The number of hydrogen-bond donors (Lipinski definition) is 1. The first kappa shape index (κ1) is 16.3. The van der Waals surface area contributed by atoms with Crippen molar-refractivity contribution in [2.45, 2.75) is 17.7 Å². The molecule has 1 aromatic carbocycles. The molecule has 1 N–H and O–H groups in total. The lowest BCUT2D eigenvalue weighted by Gasteiger charge is -2.06. The maximum Gasteiger partial charge on any atom is 0.305 e. The molecule has 0 aliphatic carbocycles. The molecule has 0 unspecified atom stereocenters. The molecule has 0 heterocycles. The van der Waals surface area contributed by atoms with E-state index in [1.807, 2.05) is 0 Å². The van der Waals surface area contributed by atoms with Crippen LogP contribution >= 0.6 is 0 Å². The second-order valence-electron chi connectivity index (χ2n) is 3.89. The van der Waals surface area contributed by atoms with Crippen LogP contribution in [0.15, 0.2) is 29.2 Å². The third-order valence-electron chi connectivity index (χ3n) is 2.42. The number of carbonyl (C=O) groups excluding carboxylic acids is 2. The Balaban J connectivity index is 2.53. The van der Waals surface area contributed by atoms with Gasteiger partial charge in [-0.2, -0.15) is 0 Å². The molecule has 1 rings (SSSR count). The molecule has 0 aliphatic heterocycles. The number of halogens is 1. The van der Waals surface area contributed by atoms with Crippen LogP contribution in [0.3, 0.4) is 0 Å². The van der Waals surface area contributed by atoms with Gasteiger partial charge in [0.2, 0.25) is 10.0 Å². The molecule has 0 saturated heterocycles. The SMILES string of the molecule is COC(=O)CCC(=O)CNS(=O)(=O)c1ccc(F)cc1. The van der Waals surface area contributed by atoms with Gasteiger partial charge in [0.05, 0.1) is 25.0 Å². The lowest BCUT2D eigenvalue weighted by Crippen LogP contribution is -2.29. The molecule has 20 heavy (non-hydrogen) atoms. The van der Waals surface area contributed by atoms with Crippen LogP contribution in [-0.2, 0) is 24.3 Å². The average Bonchev–Trinajstić information content (AvgIpc) is 2.43. The molecule has 1 aromatic rings. The molecule has 0 spiro atoms. The van der Waals surface area contributed by atoms with Crippen molar-refractivity contribution in [2.24, 2.45) is 0 Å². The normalized spacial score (nSPS) is 11.1. The highest BCUT2D eigenvalue weighted by molar-refractivity contribution is 7.89. The van der Waals surface area contributed by atoms with E-state index in [0.717, 1.165) is 24.3 Å². The monoisotopic (exact) mass is 303 g/mol. The van der Waals surface area contributed by atoms with Crippen molar-refractivity contribution < 1.29 is 27.1 Å². The second kappa shape index (κ2) is 7.11. The molecular formula is C12H14FNO5S. The molecule has 0 aromatic heterocycles. The fourth-order valence-electron chi connectivity index (χ4n) is 1.30. The first-order valence-corrected chi connectivity index (χ1v) is 7.17. The van der Waals surface area contributed by atoms with Gasteiger partial charge in [-0.25, -0.2) is 17.5 Å². The smallest absolute Gasteiger partial charge is 0.305 e. The molecule has 8 heteroatoms. The minimum atomic E-state index is -3.87. The van der Waals surface area contributed by atoms with Gasteiger partial charge in [-0.15, -0.1) is 0 Å². The van der Waals surface area contributed by atoms with Crippen LogP contribution in [0.4, 0.5) is 4.39 Å². The highest BCUT2D eigenvalue weighted by Gasteiger charge is 2.16. The van der Waals surface area contributed by atoms with Gasteiger partial charge in [0.15, 0.2) is 0 Å². The molecule has 0 amide bonds. The van der Waals surface area contributed by atoms with E-state index in [2.05, 4.69) is 9.46 Å². The third kappa shape index (κ3) is 5.06. The van der Waals surface area contributed by atoms with E-state index < -0.39 is 34.1 Å². The van der Waals surface area contributed by atoms with Crippen LogP contribution in [-0.4, -0.2) is 33.8 Å². The molecule has 0 aliphatic rings. The maximum absolute atomic E-state index is 12.7. The highest BCUT2D eigenvalue weighted by Crippen LogP contribution is 2.09. The van der Waals surface area contributed by atoms with Crippen molar-refractivity contribution in [1.29, 1.82) is 0 Å². The lowest BCUT2D eigenvalue weighted by atomic mass is 10.2. The maximum atomic E-state index is 12.7. The molecule has 0 radical (unpaired) electrons. The number of ketones is 1. The van der Waals surface area contributed by atoms with Crippen LogP contribution in [0.2, 0.25) is 0 Å². The fourth-order valence-corrected chi connectivity index (χ4v) is 2.32. The first-order chi connectivity index (χ1) is 9.35. The summed E-state index contributed by atoms with van der Waals surface area (Å²) in [6.45, 7) is -0.434. The molecule has 0 fully saturated rings. The highest BCUT2D eigenvalue weighted by atomic mass is 32.2. The van der Waals surface area contributed by atoms with E-state index in [4.69, 9.17) is 0 Å². The number of methoxy groups -OCH3 is 1. The van der Waals surface area contributed by atoms with E-state index in [-0.39, 0.29) is 17.7 Å². The van der Waals surface area contributed by atoms with Crippen molar-refractivity contribution in [3.05, 3.63) is 30.1 Å². The molecular weight excluding hydrogens is 289 g/mol. The van der Waals surface area contributed by atoms with Crippen LogP contribution in [0.1, 0.15) is 12.8 Å². The van der Waals surface area contributed by atoms with Crippen molar-refractivity contribution in [3.63, 3.8) is 0 Å². The summed E-state index contributed by atoms with van der Waals surface area (Å²) in [6, 6.07) is 4.20. The summed E-state index contributed by atoms with van der Waals surface area (Å²) in [5.74, 6) is -1.54. The largest absolute Gasteiger partial charge is 0.469 e. The van der Waals surface area contributed by atoms with E-state index in [1.54, 1.807) is 0 Å². The second-order valence-corrected chi connectivity index (χ2v) is 5.66. The molecule has 0 saturated carbocycles. The van der Waals surface area contributed by atoms with E-state index >= 15 is 0 Å². The topological polar surface area (TPSA) is 89.5 Å². The predicted molar refractivity (Wildman–Crippen MR) is 67.8 cm³/mol. The van der Waals surface area contributed by atoms with Gasteiger partial charge in [-0.05, 0) is 24.3 Å². The summed E-state index contributed by atoms with van der Waals surface area (Å²) < 4.78 is 42.7. The Kier molecular flexibility index (Phi) is 5.78. The van der Waals surface area contributed by atoms with Crippen LogP contribution in [0, 0.1) is 5.82 Å². The van der Waals surface area contributed by atoms with Crippen molar-refractivity contribution in [3.8, 4) is 0 Å². The Morgan fingerprint density at radius 3 is 2.35 bits per heavy atom. The minimum Gasteiger partial charge on any atom is -0.469 e. The Morgan fingerprint density at radius 2 is 1.80 bits per heavy atom. The number of sulfonamides is 1. The summed E-state index contributed by atoms with van der Waals surface area (Å²) in [5, 5.41) is 0. The van der Waals surface area contributed by atoms with E-state index in [0.29, 0.717) is 0 Å². The zero-order chi connectivity index (χ0) is 15.2. The Bertz CT molecular complexity index is 582. The Hall–Kier alpha value is -1.80. The lowest BCUT2D eigenvalue weighted by molar-refractivity contribution is -0.141. The summed E-state index contributed by atoms with van der Waals surface area (Å²) >= 11 is 0. The van der Waals surface area contributed by atoms with Gasteiger partial charge in [-0.3, -0.25) is 9.59 Å². The van der Waals surface area contributed by atoms with E-state index in [1.165, 1.54) is 7.11 Å². The standard InChI is InChI=1S/C12H14FNO5S/c1-19-12(16)7-4-10(15)8-14-20(17,18)11-5-2-9(13)3-6-11/h2-3,5-6,14H,4,7-8H2,1H3. The molecule has 6 nitrogen and oxygen atoms in total. The van der Waals surface area contributed by atoms with Gasteiger partial charge in [0, 0.05) is 6.42 Å². The average molecular weight is 303 g/mol. The Labute approximate surface area is 116 Å². The number of ether oxygens (including phenoxy) is 1. The number of rotatable bonds is 7. The summed E-state index contributed by atoms with van der Waals surface area (Å²) in [7, 11) is -2.67. The number of esters is 1. The van der Waals surface area contributed by atoms with Gasteiger partial charge in [0.25, 0.3) is 0 Å². The van der Waals surface area contributed by atoms with Crippen LogP contribution in [0.5, 0.6) is 0 Å². The van der Waals surface area contributed by atoms with Gasteiger partial charge in [0.1, 0.15) is 11.6 Å². The van der Waals surface area contributed by atoms with Crippen LogP contribution in [0.25, 0.3) is 0 Å². The Morgan fingerprint density at radius 1 is 1.20 bits per heavy atom. The van der Waals surface area contributed by atoms with E-state index in [9.17, 15) is 22.4 Å². The third-order valence-corrected chi connectivity index (χ3v) is 3.84. The van der Waals surface area contributed by atoms with Gasteiger partial charge < -0.3 is 4.74 Å². The van der Waals surface area contributed by atoms with Crippen molar-refractivity contribution >= 4 is 21.8 Å². The zero-order valence-corrected chi connectivity index (χ0v) is 11.6. The van der Waals surface area contributed by atoms with Crippen molar-refractivity contribution in [2.75, 3.05) is 13.7 Å². The molecule has 0 bridgehead atoms. The number of hydrogen-bond acceptors (Lipinski definition) is 5. The first-order valence-electron chi connectivity index (χ1n) is 5.69. The number of nitrogens with one attached hydrogen (secondary N) is 1. The van der Waals surface area contributed by atoms with Gasteiger partial charge in [-0.1, -0.05) is 0 Å². The van der Waals surface area contributed by atoms with Crippen molar-refractivity contribution in [1.82, 2.24) is 4.72 Å². The summed E-state index contributed by atoms with van der Waals surface area (Å²) in [5.41, 5.74) is 0. The number of Topliss-reactive ketones (excluding diaryl/α,β-unsaturated/α-hetero) is 1. The summed E-state index contributed by atoms with van der Waals surface area (Å²) in [4.78, 5) is 22.1. The van der Waals surface area contributed by atoms with Crippen LogP contribution < -0.4 is 4.72 Å². The number of carbonyl (C=O) groups is 2. The minimum absolute atomic E-state index is 0.104. The molecule has 110 valence electrons. The quantitative estimate of drug-likeness (QED) is 0.746. The zero-order valence-electron chi connectivity index (χ0n) is 10.8. The molecule has 0 atom stereocenters.